The maximum Gasteiger partial charge on any atom is 0.341 e. The second kappa shape index (κ2) is 4.92. The molecule has 17 heavy (non-hydrogen) atoms. The first-order valence-corrected chi connectivity index (χ1v) is 5.86. The average molecular weight is 249 g/mol. The number of carboxylic acids is 1. The topological polar surface area (TPSA) is 75.1 Å². The zero-order chi connectivity index (χ0) is 12.3. The molecule has 0 aliphatic rings. The van der Waals surface area contributed by atoms with Crippen molar-refractivity contribution in [2.75, 3.05) is 5.32 Å². The van der Waals surface area contributed by atoms with Crippen LogP contribution >= 0.6 is 11.3 Å². The van der Waals surface area contributed by atoms with Gasteiger partial charge in [0.25, 0.3) is 0 Å². The van der Waals surface area contributed by atoms with Crippen LogP contribution in [0.3, 0.4) is 0 Å². The number of aryl methyl sites for hydroxylation is 1. The van der Waals surface area contributed by atoms with Crippen LogP contribution in [0.25, 0.3) is 0 Å². The minimum absolute atomic E-state index is 0.0849. The molecule has 0 spiro atoms. The molecule has 0 unspecified atom stereocenters. The lowest BCUT2D eigenvalue weighted by Crippen LogP contribution is -2.08. The maximum absolute atomic E-state index is 10.9. The number of carbonyl (C=O) groups is 1. The minimum Gasteiger partial charge on any atom is -0.477 e. The Bertz CT molecular complexity index is 539. The standard InChI is InChI=1S/C11H11N3O2S/c1-7-2-3-17-9(7)5-13-10-8(11(15)16)4-12-6-14-10/h2-4,6H,5H2,1H3,(H,15,16)(H,12,13,14). The first kappa shape index (κ1) is 11.5. The highest BCUT2D eigenvalue weighted by Gasteiger charge is 2.11. The Labute approximate surface area is 102 Å². The first-order chi connectivity index (χ1) is 8.18. The molecule has 2 rings (SSSR count). The molecule has 0 aromatic carbocycles. The summed E-state index contributed by atoms with van der Waals surface area (Å²) in [5.74, 6) is -0.684. The Morgan fingerprint density at radius 2 is 2.41 bits per heavy atom. The SMILES string of the molecule is Cc1ccsc1CNc1ncncc1C(=O)O. The predicted octanol–water partition coefficient (Wildman–Crippen LogP) is 2.16. The normalized spacial score (nSPS) is 10.2. The van der Waals surface area contributed by atoms with Gasteiger partial charge in [-0.2, -0.15) is 0 Å². The molecule has 0 bridgehead atoms. The van der Waals surface area contributed by atoms with E-state index in [0.29, 0.717) is 12.4 Å². The fourth-order valence-corrected chi connectivity index (χ4v) is 2.22. The van der Waals surface area contributed by atoms with E-state index in [9.17, 15) is 4.79 Å². The van der Waals surface area contributed by atoms with Gasteiger partial charge in [0, 0.05) is 11.1 Å². The van der Waals surface area contributed by atoms with Crippen molar-refractivity contribution in [2.24, 2.45) is 0 Å². The minimum atomic E-state index is -1.03. The van der Waals surface area contributed by atoms with Crippen molar-refractivity contribution in [3.63, 3.8) is 0 Å². The fraction of sp³-hybridized carbons (Fsp3) is 0.182. The predicted molar refractivity (Wildman–Crippen MR) is 65.4 cm³/mol. The van der Waals surface area contributed by atoms with Gasteiger partial charge in [0.2, 0.25) is 0 Å². The van der Waals surface area contributed by atoms with Crippen LogP contribution in [0.2, 0.25) is 0 Å². The number of aromatic nitrogens is 2. The summed E-state index contributed by atoms with van der Waals surface area (Å²) >= 11 is 1.63. The lowest BCUT2D eigenvalue weighted by molar-refractivity contribution is 0.0697. The highest BCUT2D eigenvalue weighted by atomic mass is 32.1. The van der Waals surface area contributed by atoms with Gasteiger partial charge in [-0.05, 0) is 23.9 Å². The molecule has 0 fully saturated rings. The van der Waals surface area contributed by atoms with Gasteiger partial charge in [-0.1, -0.05) is 0 Å². The summed E-state index contributed by atoms with van der Waals surface area (Å²) in [6, 6.07) is 2.03. The molecule has 0 atom stereocenters. The smallest absolute Gasteiger partial charge is 0.341 e. The van der Waals surface area contributed by atoms with E-state index in [4.69, 9.17) is 5.11 Å². The van der Waals surface area contributed by atoms with Crippen molar-refractivity contribution >= 4 is 23.1 Å². The van der Waals surface area contributed by atoms with E-state index in [1.165, 1.54) is 23.0 Å². The maximum atomic E-state index is 10.9. The van der Waals surface area contributed by atoms with Crippen LogP contribution < -0.4 is 5.32 Å². The van der Waals surface area contributed by atoms with E-state index in [2.05, 4.69) is 15.3 Å². The molecule has 2 aromatic rings. The molecule has 5 nitrogen and oxygen atoms in total. The van der Waals surface area contributed by atoms with Gasteiger partial charge in [0.1, 0.15) is 17.7 Å². The van der Waals surface area contributed by atoms with E-state index >= 15 is 0 Å². The van der Waals surface area contributed by atoms with Gasteiger partial charge in [0.05, 0.1) is 6.54 Å². The molecular formula is C11H11N3O2S. The van der Waals surface area contributed by atoms with Crippen LogP contribution in [0.1, 0.15) is 20.8 Å². The number of hydrogen-bond acceptors (Lipinski definition) is 5. The summed E-state index contributed by atoms with van der Waals surface area (Å²) < 4.78 is 0. The first-order valence-electron chi connectivity index (χ1n) is 4.98. The van der Waals surface area contributed by atoms with Crippen molar-refractivity contribution in [3.8, 4) is 0 Å². The van der Waals surface area contributed by atoms with E-state index in [-0.39, 0.29) is 5.56 Å². The summed E-state index contributed by atoms with van der Waals surface area (Å²) in [5, 5.41) is 14.0. The molecule has 2 aromatic heterocycles. The molecule has 0 aliphatic carbocycles. The molecule has 0 aliphatic heterocycles. The molecule has 0 radical (unpaired) electrons. The summed E-state index contributed by atoms with van der Waals surface area (Å²) in [6.07, 6.45) is 2.62. The van der Waals surface area contributed by atoms with E-state index in [1.54, 1.807) is 11.3 Å². The number of thiophene rings is 1. The van der Waals surface area contributed by atoms with Gasteiger partial charge in [-0.3, -0.25) is 0 Å². The van der Waals surface area contributed by atoms with Crippen molar-refractivity contribution in [1.29, 1.82) is 0 Å². The molecular weight excluding hydrogens is 238 g/mol. The number of aromatic carboxylic acids is 1. The number of anilines is 1. The van der Waals surface area contributed by atoms with Crippen LogP contribution in [0.5, 0.6) is 0 Å². The third-order valence-corrected chi connectivity index (χ3v) is 3.35. The zero-order valence-corrected chi connectivity index (χ0v) is 9.99. The van der Waals surface area contributed by atoms with Crippen LogP contribution in [-0.2, 0) is 6.54 Å². The third kappa shape index (κ3) is 2.59. The molecule has 2 N–H and O–H groups in total. The number of rotatable bonds is 4. The van der Waals surface area contributed by atoms with Crippen molar-refractivity contribution < 1.29 is 9.90 Å². The highest BCUT2D eigenvalue weighted by molar-refractivity contribution is 7.10. The fourth-order valence-electron chi connectivity index (χ4n) is 1.38. The molecule has 6 heteroatoms. The Hall–Kier alpha value is -1.95. The van der Waals surface area contributed by atoms with E-state index in [1.807, 2.05) is 18.4 Å². The van der Waals surface area contributed by atoms with Crippen LogP contribution in [0.4, 0.5) is 5.82 Å². The van der Waals surface area contributed by atoms with Gasteiger partial charge in [0.15, 0.2) is 0 Å². The van der Waals surface area contributed by atoms with Crippen molar-refractivity contribution in [3.05, 3.63) is 40.0 Å². The molecule has 0 amide bonds. The largest absolute Gasteiger partial charge is 0.477 e. The number of carboxylic acid groups (broad SMARTS) is 1. The Morgan fingerprint density at radius 3 is 3.06 bits per heavy atom. The van der Waals surface area contributed by atoms with Crippen LogP contribution in [0, 0.1) is 6.92 Å². The Morgan fingerprint density at radius 1 is 1.59 bits per heavy atom. The number of nitrogens with one attached hydrogen (secondary N) is 1. The summed E-state index contributed by atoms with van der Waals surface area (Å²) in [4.78, 5) is 19.7. The van der Waals surface area contributed by atoms with Gasteiger partial charge in [-0.25, -0.2) is 14.8 Å². The number of nitrogens with zero attached hydrogens (tertiary/aromatic N) is 2. The Balaban J connectivity index is 2.14. The molecule has 0 saturated heterocycles. The monoisotopic (exact) mass is 249 g/mol. The van der Waals surface area contributed by atoms with E-state index < -0.39 is 5.97 Å². The lowest BCUT2D eigenvalue weighted by atomic mass is 10.3. The number of hydrogen-bond donors (Lipinski definition) is 2. The average Bonchev–Trinajstić information content (AvgIpc) is 2.72. The summed E-state index contributed by atoms with van der Waals surface area (Å²) in [5.41, 5.74) is 1.27. The van der Waals surface area contributed by atoms with Crippen molar-refractivity contribution in [1.82, 2.24) is 9.97 Å². The Kier molecular flexibility index (Phi) is 3.34. The molecule has 2 heterocycles. The van der Waals surface area contributed by atoms with E-state index in [0.717, 1.165) is 0 Å². The zero-order valence-electron chi connectivity index (χ0n) is 9.17. The summed E-state index contributed by atoms with van der Waals surface area (Å²) in [7, 11) is 0. The molecule has 88 valence electrons. The van der Waals surface area contributed by atoms with Gasteiger partial charge >= 0.3 is 5.97 Å². The van der Waals surface area contributed by atoms with Gasteiger partial charge in [-0.15, -0.1) is 11.3 Å². The van der Waals surface area contributed by atoms with Crippen LogP contribution in [0.15, 0.2) is 24.0 Å². The quantitative estimate of drug-likeness (QED) is 0.868. The van der Waals surface area contributed by atoms with Crippen molar-refractivity contribution in [2.45, 2.75) is 13.5 Å². The second-order valence-electron chi connectivity index (χ2n) is 3.47. The third-order valence-electron chi connectivity index (χ3n) is 2.33. The van der Waals surface area contributed by atoms with Gasteiger partial charge < -0.3 is 10.4 Å². The highest BCUT2D eigenvalue weighted by Crippen LogP contribution is 2.18. The summed E-state index contributed by atoms with van der Waals surface area (Å²) in [6.45, 7) is 2.59. The van der Waals surface area contributed by atoms with Crippen LogP contribution in [-0.4, -0.2) is 21.0 Å². The second-order valence-corrected chi connectivity index (χ2v) is 4.47. The molecule has 0 saturated carbocycles. The lowest BCUT2D eigenvalue weighted by Gasteiger charge is -2.07.